The number of nitrogens with two attached hydrogens (primary N) is 1. The van der Waals surface area contributed by atoms with E-state index in [2.05, 4.69) is 0 Å². The van der Waals surface area contributed by atoms with Crippen molar-refractivity contribution in [1.82, 2.24) is 0 Å². The van der Waals surface area contributed by atoms with Crippen LogP contribution < -0.4 is 10.5 Å². The minimum Gasteiger partial charge on any atom is -0.496 e. The van der Waals surface area contributed by atoms with Gasteiger partial charge in [0.05, 0.1) is 12.7 Å². The Bertz CT molecular complexity index is 363. The molecular formula is C11H14F3NO. The second-order valence-corrected chi connectivity index (χ2v) is 3.59. The molecule has 0 saturated heterocycles. The van der Waals surface area contributed by atoms with Crippen LogP contribution in [0.15, 0.2) is 18.2 Å². The topological polar surface area (TPSA) is 35.2 Å². The van der Waals surface area contributed by atoms with E-state index in [1.165, 1.54) is 13.2 Å². The van der Waals surface area contributed by atoms with E-state index in [1.807, 2.05) is 6.92 Å². The number of methoxy groups -OCH3 is 1. The molecule has 5 heteroatoms. The molecule has 0 spiro atoms. The van der Waals surface area contributed by atoms with Crippen LogP contribution in [0.25, 0.3) is 0 Å². The number of halogens is 3. The average molecular weight is 233 g/mol. The normalized spacial score (nSPS) is 13.6. The molecule has 0 bridgehead atoms. The first-order chi connectivity index (χ1) is 7.40. The summed E-state index contributed by atoms with van der Waals surface area (Å²) in [4.78, 5) is 0. The lowest BCUT2D eigenvalue weighted by atomic mass is 9.98. The molecule has 1 aromatic carbocycles. The van der Waals surface area contributed by atoms with Gasteiger partial charge >= 0.3 is 6.18 Å². The van der Waals surface area contributed by atoms with E-state index in [-0.39, 0.29) is 11.7 Å². The Kier molecular flexibility index (Phi) is 3.80. The second kappa shape index (κ2) is 4.74. The lowest BCUT2D eigenvalue weighted by molar-refractivity contribution is -0.137. The molecule has 90 valence electrons. The zero-order chi connectivity index (χ0) is 12.3. The lowest BCUT2D eigenvalue weighted by Gasteiger charge is -2.16. The fourth-order valence-electron chi connectivity index (χ4n) is 1.42. The third-order valence-corrected chi connectivity index (χ3v) is 2.45. The molecular weight excluding hydrogens is 219 g/mol. The number of benzene rings is 1. The van der Waals surface area contributed by atoms with Gasteiger partial charge < -0.3 is 10.5 Å². The molecule has 1 unspecified atom stereocenters. The van der Waals surface area contributed by atoms with Gasteiger partial charge in [0, 0.05) is 0 Å². The van der Waals surface area contributed by atoms with Crippen molar-refractivity contribution in [3.05, 3.63) is 29.3 Å². The van der Waals surface area contributed by atoms with E-state index in [4.69, 9.17) is 10.5 Å². The first kappa shape index (κ1) is 12.8. The summed E-state index contributed by atoms with van der Waals surface area (Å²) in [7, 11) is 1.35. The van der Waals surface area contributed by atoms with E-state index in [9.17, 15) is 13.2 Å². The Balaban J connectivity index is 3.17. The minimum absolute atomic E-state index is 0.0303. The molecule has 0 heterocycles. The van der Waals surface area contributed by atoms with Crippen molar-refractivity contribution >= 4 is 0 Å². The maximum absolute atomic E-state index is 12.4. The van der Waals surface area contributed by atoms with E-state index in [1.54, 1.807) is 0 Å². The van der Waals surface area contributed by atoms with Gasteiger partial charge in [0.15, 0.2) is 0 Å². The molecule has 0 aliphatic heterocycles. The van der Waals surface area contributed by atoms with Gasteiger partial charge in [0.1, 0.15) is 5.75 Å². The van der Waals surface area contributed by atoms with Crippen LogP contribution >= 0.6 is 0 Å². The Labute approximate surface area is 92.2 Å². The molecule has 0 aliphatic rings. The first-order valence-electron chi connectivity index (χ1n) is 4.85. The molecule has 1 atom stereocenters. The molecule has 2 N–H and O–H groups in total. The number of rotatable bonds is 3. The van der Waals surface area contributed by atoms with Gasteiger partial charge in [-0.1, -0.05) is 13.0 Å². The molecule has 0 saturated carbocycles. The Hall–Kier alpha value is -1.23. The maximum atomic E-state index is 12.4. The van der Waals surface area contributed by atoms with Gasteiger partial charge in [-0.05, 0) is 30.2 Å². The first-order valence-corrected chi connectivity index (χ1v) is 4.85. The quantitative estimate of drug-likeness (QED) is 0.871. The second-order valence-electron chi connectivity index (χ2n) is 3.59. The van der Waals surface area contributed by atoms with E-state index < -0.39 is 11.7 Å². The summed E-state index contributed by atoms with van der Waals surface area (Å²) in [6.45, 7) is 2.20. The molecule has 2 nitrogen and oxygen atoms in total. The SMILES string of the molecule is COc1cc(C(F)(F)F)ccc1C(C)CN. The van der Waals surface area contributed by atoms with Gasteiger partial charge in [-0.2, -0.15) is 13.2 Å². The summed E-state index contributed by atoms with van der Waals surface area (Å²) in [6, 6.07) is 3.46. The number of alkyl halides is 3. The Morgan fingerprint density at radius 2 is 2.00 bits per heavy atom. The van der Waals surface area contributed by atoms with Crippen molar-refractivity contribution in [2.45, 2.75) is 19.0 Å². The summed E-state index contributed by atoms with van der Waals surface area (Å²) in [5.74, 6) is 0.199. The van der Waals surface area contributed by atoms with Crippen LogP contribution in [0.2, 0.25) is 0 Å². The predicted molar refractivity (Wildman–Crippen MR) is 55.5 cm³/mol. The minimum atomic E-state index is -4.35. The molecule has 0 fully saturated rings. The Morgan fingerprint density at radius 1 is 1.38 bits per heavy atom. The van der Waals surface area contributed by atoms with Gasteiger partial charge in [0.25, 0.3) is 0 Å². The summed E-state index contributed by atoms with van der Waals surface area (Å²) in [6.07, 6.45) is -4.35. The highest BCUT2D eigenvalue weighted by molar-refractivity contribution is 5.40. The van der Waals surface area contributed by atoms with Crippen molar-refractivity contribution in [3.63, 3.8) is 0 Å². The van der Waals surface area contributed by atoms with Crippen LogP contribution in [0, 0.1) is 0 Å². The fourth-order valence-corrected chi connectivity index (χ4v) is 1.42. The van der Waals surface area contributed by atoms with Crippen molar-refractivity contribution in [2.75, 3.05) is 13.7 Å². The van der Waals surface area contributed by atoms with Gasteiger partial charge in [-0.25, -0.2) is 0 Å². The molecule has 0 radical (unpaired) electrons. The third kappa shape index (κ3) is 2.66. The van der Waals surface area contributed by atoms with Crippen LogP contribution in [-0.4, -0.2) is 13.7 Å². The molecule has 1 aromatic rings. The highest BCUT2D eigenvalue weighted by Gasteiger charge is 2.31. The van der Waals surface area contributed by atoms with Crippen molar-refractivity contribution in [2.24, 2.45) is 5.73 Å². The van der Waals surface area contributed by atoms with E-state index in [0.717, 1.165) is 12.1 Å². The number of hydrogen-bond donors (Lipinski definition) is 1. The van der Waals surface area contributed by atoms with Crippen LogP contribution in [0.3, 0.4) is 0 Å². The third-order valence-electron chi connectivity index (χ3n) is 2.45. The van der Waals surface area contributed by atoms with Crippen LogP contribution in [0.1, 0.15) is 24.0 Å². The zero-order valence-electron chi connectivity index (χ0n) is 9.14. The van der Waals surface area contributed by atoms with Gasteiger partial charge in [-0.3, -0.25) is 0 Å². The molecule has 16 heavy (non-hydrogen) atoms. The fraction of sp³-hybridized carbons (Fsp3) is 0.455. The monoisotopic (exact) mass is 233 g/mol. The van der Waals surface area contributed by atoms with Crippen molar-refractivity contribution in [1.29, 1.82) is 0 Å². The largest absolute Gasteiger partial charge is 0.496 e. The van der Waals surface area contributed by atoms with Gasteiger partial charge in [-0.15, -0.1) is 0 Å². The highest BCUT2D eigenvalue weighted by atomic mass is 19.4. The average Bonchev–Trinajstić information content (AvgIpc) is 2.26. The molecule has 0 aromatic heterocycles. The zero-order valence-corrected chi connectivity index (χ0v) is 9.14. The van der Waals surface area contributed by atoms with Gasteiger partial charge in [0.2, 0.25) is 0 Å². The maximum Gasteiger partial charge on any atom is 0.416 e. The molecule has 0 amide bonds. The van der Waals surface area contributed by atoms with E-state index >= 15 is 0 Å². The van der Waals surface area contributed by atoms with Crippen LogP contribution in [0.4, 0.5) is 13.2 Å². The molecule has 1 rings (SSSR count). The van der Waals surface area contributed by atoms with E-state index in [0.29, 0.717) is 12.1 Å². The standard InChI is InChI=1S/C11H14F3NO/c1-7(6-15)9-4-3-8(11(12,13)14)5-10(9)16-2/h3-5,7H,6,15H2,1-2H3. The smallest absolute Gasteiger partial charge is 0.416 e. The summed E-state index contributed by atoms with van der Waals surface area (Å²) in [5.41, 5.74) is 5.46. The van der Waals surface area contributed by atoms with Crippen molar-refractivity contribution in [3.8, 4) is 5.75 Å². The number of hydrogen-bond acceptors (Lipinski definition) is 2. The lowest BCUT2D eigenvalue weighted by Crippen LogP contribution is -2.11. The highest BCUT2D eigenvalue weighted by Crippen LogP contribution is 2.35. The Morgan fingerprint density at radius 3 is 2.44 bits per heavy atom. The predicted octanol–water partition coefficient (Wildman–Crippen LogP) is 2.78. The van der Waals surface area contributed by atoms with Crippen molar-refractivity contribution < 1.29 is 17.9 Å². The van der Waals surface area contributed by atoms with Crippen LogP contribution in [0.5, 0.6) is 5.75 Å². The summed E-state index contributed by atoms with van der Waals surface area (Å²) >= 11 is 0. The van der Waals surface area contributed by atoms with Crippen LogP contribution in [-0.2, 0) is 6.18 Å². The summed E-state index contributed by atoms with van der Waals surface area (Å²) < 4.78 is 42.3. The molecule has 0 aliphatic carbocycles. The summed E-state index contributed by atoms with van der Waals surface area (Å²) in [5, 5.41) is 0. The number of ether oxygens (including phenoxy) is 1.